The van der Waals surface area contributed by atoms with Crippen LogP contribution >= 0.6 is 0 Å². The molecular weight excluding hydrogens is 190 g/mol. The van der Waals surface area contributed by atoms with Gasteiger partial charge in [0.05, 0.1) is 5.71 Å². The molecule has 0 unspecified atom stereocenters. The van der Waals surface area contributed by atoms with Gasteiger partial charge in [-0.25, -0.2) is 0 Å². The summed E-state index contributed by atoms with van der Waals surface area (Å²) in [5.74, 6) is 0. The quantitative estimate of drug-likeness (QED) is 0.436. The number of pyridine rings is 1. The van der Waals surface area contributed by atoms with Crippen LogP contribution in [-0.2, 0) is 6.42 Å². The van der Waals surface area contributed by atoms with Crippen molar-refractivity contribution in [3.8, 4) is 0 Å². The average Bonchev–Trinajstić information content (AvgIpc) is 2.29. The first-order valence-corrected chi connectivity index (χ1v) is 5.06. The largest absolute Gasteiger partial charge is 0.411 e. The van der Waals surface area contributed by atoms with Gasteiger partial charge in [-0.1, -0.05) is 11.2 Å². The molecule has 0 amide bonds. The second kappa shape index (κ2) is 6.14. The Hall–Kier alpha value is -1.42. The Morgan fingerprint density at radius 2 is 2.40 bits per heavy atom. The summed E-state index contributed by atoms with van der Waals surface area (Å²) in [6, 6.07) is 5.98. The third kappa shape index (κ3) is 4.08. The van der Waals surface area contributed by atoms with Gasteiger partial charge in [-0.2, -0.15) is 0 Å². The minimum atomic E-state index is 0.0960. The fourth-order valence-corrected chi connectivity index (χ4v) is 1.20. The maximum atomic E-state index is 8.56. The third-order valence-corrected chi connectivity index (χ3v) is 2.34. The van der Waals surface area contributed by atoms with Gasteiger partial charge >= 0.3 is 0 Å². The number of oxime groups is 1. The van der Waals surface area contributed by atoms with Crippen molar-refractivity contribution in [2.24, 2.45) is 5.16 Å². The van der Waals surface area contributed by atoms with Gasteiger partial charge in [-0.3, -0.25) is 4.98 Å². The summed E-state index contributed by atoms with van der Waals surface area (Å²) in [4.78, 5) is 4.22. The summed E-state index contributed by atoms with van der Waals surface area (Å²) in [5, 5.41) is 15.0. The summed E-state index contributed by atoms with van der Waals surface area (Å²) in [5.41, 5.74) is 1.76. The smallest absolute Gasteiger partial charge is 0.0706 e. The van der Waals surface area contributed by atoms with Crippen LogP contribution in [0.1, 0.15) is 19.5 Å². The Labute approximate surface area is 90.0 Å². The highest BCUT2D eigenvalue weighted by atomic mass is 16.4. The Morgan fingerprint density at radius 3 is 3.00 bits per heavy atom. The summed E-state index contributed by atoms with van der Waals surface area (Å²) < 4.78 is 0. The first-order chi connectivity index (χ1) is 7.24. The molecule has 1 rings (SSSR count). The molecule has 0 radical (unpaired) electrons. The van der Waals surface area contributed by atoms with Crippen molar-refractivity contribution in [3.63, 3.8) is 0 Å². The van der Waals surface area contributed by atoms with Crippen LogP contribution in [0.2, 0.25) is 0 Å². The zero-order chi connectivity index (χ0) is 11.1. The zero-order valence-electron chi connectivity index (χ0n) is 9.14. The minimum Gasteiger partial charge on any atom is -0.411 e. The van der Waals surface area contributed by atoms with Crippen LogP contribution < -0.4 is 5.32 Å². The standard InChI is InChI=1S/C11H17N3O/c1-9(10(2)14-15)12-8-6-11-5-3-4-7-13-11/h3-5,7,9,12,15H,6,8H2,1-2H3/b14-10+/t9-/m0/s1. The van der Waals surface area contributed by atoms with E-state index >= 15 is 0 Å². The van der Waals surface area contributed by atoms with Crippen molar-refractivity contribution in [1.82, 2.24) is 10.3 Å². The van der Waals surface area contributed by atoms with E-state index in [9.17, 15) is 0 Å². The molecule has 4 heteroatoms. The normalized spacial score (nSPS) is 13.9. The SMILES string of the molecule is C/C(=N\O)[C@H](C)NCCc1ccccn1. The van der Waals surface area contributed by atoms with Gasteiger partial charge in [-0.05, 0) is 26.0 Å². The average molecular weight is 207 g/mol. The Balaban J connectivity index is 2.28. The molecule has 0 aromatic carbocycles. The minimum absolute atomic E-state index is 0.0960. The van der Waals surface area contributed by atoms with E-state index in [0.717, 1.165) is 18.7 Å². The molecule has 0 aliphatic rings. The lowest BCUT2D eigenvalue weighted by atomic mass is 10.2. The van der Waals surface area contributed by atoms with Gasteiger partial charge in [0.15, 0.2) is 0 Å². The van der Waals surface area contributed by atoms with E-state index in [2.05, 4.69) is 15.5 Å². The number of aromatic nitrogens is 1. The second-order valence-corrected chi connectivity index (χ2v) is 3.49. The molecule has 0 aliphatic carbocycles. The summed E-state index contributed by atoms with van der Waals surface area (Å²) in [7, 11) is 0. The van der Waals surface area contributed by atoms with Crippen LogP contribution in [0.25, 0.3) is 0 Å². The van der Waals surface area contributed by atoms with E-state index in [-0.39, 0.29) is 6.04 Å². The molecule has 0 fully saturated rings. The zero-order valence-corrected chi connectivity index (χ0v) is 9.14. The molecule has 0 bridgehead atoms. The molecule has 1 aromatic heterocycles. The monoisotopic (exact) mass is 207 g/mol. The Bertz CT molecular complexity index is 311. The van der Waals surface area contributed by atoms with Gasteiger partial charge in [0, 0.05) is 30.9 Å². The molecule has 1 heterocycles. The number of nitrogens with one attached hydrogen (secondary N) is 1. The molecule has 4 nitrogen and oxygen atoms in total. The number of hydrogen-bond acceptors (Lipinski definition) is 4. The van der Waals surface area contributed by atoms with Crippen LogP contribution in [0.3, 0.4) is 0 Å². The van der Waals surface area contributed by atoms with Gasteiger partial charge in [0.1, 0.15) is 0 Å². The lowest BCUT2D eigenvalue weighted by molar-refractivity contribution is 0.315. The molecule has 0 saturated carbocycles. The van der Waals surface area contributed by atoms with Crippen LogP contribution in [-0.4, -0.2) is 28.5 Å². The van der Waals surface area contributed by atoms with Crippen molar-refractivity contribution in [1.29, 1.82) is 0 Å². The van der Waals surface area contributed by atoms with Gasteiger partial charge in [0.2, 0.25) is 0 Å². The fourth-order valence-electron chi connectivity index (χ4n) is 1.20. The highest BCUT2D eigenvalue weighted by molar-refractivity contribution is 5.86. The van der Waals surface area contributed by atoms with Crippen LogP contribution in [0.5, 0.6) is 0 Å². The predicted molar refractivity (Wildman–Crippen MR) is 60.3 cm³/mol. The molecule has 1 atom stereocenters. The lowest BCUT2D eigenvalue weighted by Crippen LogP contribution is -2.34. The van der Waals surface area contributed by atoms with E-state index in [1.807, 2.05) is 25.1 Å². The first kappa shape index (κ1) is 11.7. The number of nitrogens with zero attached hydrogens (tertiary/aromatic N) is 2. The summed E-state index contributed by atoms with van der Waals surface area (Å²) in [6.07, 6.45) is 2.67. The van der Waals surface area contributed by atoms with Crippen molar-refractivity contribution in [2.75, 3.05) is 6.54 Å². The van der Waals surface area contributed by atoms with Crippen molar-refractivity contribution >= 4 is 5.71 Å². The summed E-state index contributed by atoms with van der Waals surface area (Å²) in [6.45, 7) is 4.58. The molecule has 82 valence electrons. The highest BCUT2D eigenvalue weighted by Gasteiger charge is 2.04. The molecule has 2 N–H and O–H groups in total. The topological polar surface area (TPSA) is 57.5 Å². The molecule has 1 aromatic rings. The second-order valence-electron chi connectivity index (χ2n) is 3.49. The van der Waals surface area contributed by atoms with Crippen LogP contribution in [0.15, 0.2) is 29.6 Å². The molecular formula is C11H17N3O. The van der Waals surface area contributed by atoms with E-state index in [1.165, 1.54) is 0 Å². The van der Waals surface area contributed by atoms with Crippen LogP contribution in [0, 0.1) is 0 Å². The van der Waals surface area contributed by atoms with Gasteiger partial charge in [-0.15, -0.1) is 0 Å². The van der Waals surface area contributed by atoms with Crippen LogP contribution in [0.4, 0.5) is 0 Å². The molecule has 0 aliphatic heterocycles. The fraction of sp³-hybridized carbons (Fsp3) is 0.455. The maximum absolute atomic E-state index is 8.56. The van der Waals surface area contributed by atoms with Crippen molar-refractivity contribution in [3.05, 3.63) is 30.1 Å². The molecule has 15 heavy (non-hydrogen) atoms. The predicted octanol–water partition coefficient (Wildman–Crippen LogP) is 1.45. The summed E-state index contributed by atoms with van der Waals surface area (Å²) >= 11 is 0. The van der Waals surface area contributed by atoms with E-state index in [4.69, 9.17) is 5.21 Å². The van der Waals surface area contributed by atoms with Crippen molar-refractivity contribution < 1.29 is 5.21 Å². The molecule has 0 spiro atoms. The van der Waals surface area contributed by atoms with E-state index in [0.29, 0.717) is 5.71 Å². The van der Waals surface area contributed by atoms with Crippen molar-refractivity contribution in [2.45, 2.75) is 26.3 Å². The maximum Gasteiger partial charge on any atom is 0.0706 e. The first-order valence-electron chi connectivity index (χ1n) is 5.06. The molecule has 0 saturated heterocycles. The van der Waals surface area contributed by atoms with Gasteiger partial charge in [0.25, 0.3) is 0 Å². The number of hydrogen-bond donors (Lipinski definition) is 2. The van der Waals surface area contributed by atoms with E-state index < -0.39 is 0 Å². The van der Waals surface area contributed by atoms with Gasteiger partial charge < -0.3 is 10.5 Å². The Kier molecular flexibility index (Phi) is 4.77. The number of rotatable bonds is 5. The third-order valence-electron chi connectivity index (χ3n) is 2.34. The van der Waals surface area contributed by atoms with E-state index in [1.54, 1.807) is 13.1 Å². The highest BCUT2D eigenvalue weighted by Crippen LogP contribution is 1.94. The lowest BCUT2D eigenvalue weighted by Gasteiger charge is -2.11. The Morgan fingerprint density at radius 1 is 1.60 bits per heavy atom.